The van der Waals surface area contributed by atoms with Crippen molar-refractivity contribution in [2.24, 2.45) is 0 Å². The number of furan rings is 1. The van der Waals surface area contributed by atoms with Gasteiger partial charge in [0.2, 0.25) is 5.76 Å². The van der Waals surface area contributed by atoms with Crippen LogP contribution in [0.5, 0.6) is 0 Å². The Morgan fingerprint density at radius 1 is 1.21 bits per heavy atom. The molecule has 4 nitrogen and oxygen atoms in total. The van der Waals surface area contributed by atoms with Crippen molar-refractivity contribution >= 4 is 12.3 Å². The van der Waals surface area contributed by atoms with E-state index in [1.54, 1.807) is 6.07 Å². The van der Waals surface area contributed by atoms with Crippen LogP contribution in [0, 0.1) is 0 Å². The second kappa shape index (κ2) is 6.54. The van der Waals surface area contributed by atoms with E-state index < -0.39 is 12.1 Å². The van der Waals surface area contributed by atoms with Crippen molar-refractivity contribution in [1.29, 1.82) is 0 Å². The zero-order chi connectivity index (χ0) is 13.5. The van der Waals surface area contributed by atoms with Gasteiger partial charge in [0.25, 0.3) is 0 Å². The van der Waals surface area contributed by atoms with Crippen molar-refractivity contribution in [2.45, 2.75) is 18.9 Å². The topological polar surface area (TPSA) is 56.5 Å². The molecular formula is C15H14O4. The second-order valence-electron chi connectivity index (χ2n) is 4.10. The molecule has 0 amide bonds. The predicted molar refractivity (Wildman–Crippen MR) is 68.7 cm³/mol. The van der Waals surface area contributed by atoms with E-state index in [0.717, 1.165) is 11.8 Å². The molecule has 1 aromatic carbocycles. The summed E-state index contributed by atoms with van der Waals surface area (Å²) in [6, 6.07) is 12.7. The first kappa shape index (κ1) is 13.1. The Morgan fingerprint density at radius 3 is 2.63 bits per heavy atom. The number of esters is 1. The van der Waals surface area contributed by atoms with Crippen molar-refractivity contribution < 1.29 is 18.7 Å². The summed E-state index contributed by atoms with van der Waals surface area (Å²) in [5.41, 5.74) is 1.02. The van der Waals surface area contributed by atoms with Crippen LogP contribution >= 0.6 is 0 Å². The van der Waals surface area contributed by atoms with E-state index in [0.29, 0.717) is 6.42 Å². The fraction of sp³-hybridized carbons (Fsp3) is 0.200. The third-order valence-corrected chi connectivity index (χ3v) is 2.66. The number of ether oxygens (including phenoxy) is 1. The normalized spacial score (nSPS) is 11.8. The van der Waals surface area contributed by atoms with Crippen LogP contribution in [0.25, 0.3) is 0 Å². The highest BCUT2D eigenvalue weighted by Gasteiger charge is 2.18. The molecule has 2 aromatic rings. The van der Waals surface area contributed by atoms with Gasteiger partial charge in [0.15, 0.2) is 0 Å². The molecule has 98 valence electrons. The number of benzene rings is 1. The van der Waals surface area contributed by atoms with Crippen LogP contribution in [-0.4, -0.2) is 18.4 Å². The quantitative estimate of drug-likeness (QED) is 0.590. The number of carbonyl (C=O) groups is 2. The van der Waals surface area contributed by atoms with Gasteiger partial charge in [-0.1, -0.05) is 30.3 Å². The molecule has 0 N–H and O–H groups in total. The van der Waals surface area contributed by atoms with Gasteiger partial charge in [-0.05, 0) is 17.7 Å². The van der Waals surface area contributed by atoms with E-state index in [9.17, 15) is 9.59 Å². The SMILES string of the molecule is O=CCC(Cc1ccccc1)OC(=O)c1ccco1. The summed E-state index contributed by atoms with van der Waals surface area (Å²) in [6.45, 7) is 0. The molecule has 0 saturated heterocycles. The number of hydrogen-bond acceptors (Lipinski definition) is 4. The molecule has 0 saturated carbocycles. The van der Waals surface area contributed by atoms with Crippen LogP contribution in [0.1, 0.15) is 22.5 Å². The lowest BCUT2D eigenvalue weighted by Gasteiger charge is -2.14. The van der Waals surface area contributed by atoms with E-state index in [2.05, 4.69) is 0 Å². The first-order valence-electron chi connectivity index (χ1n) is 6.01. The van der Waals surface area contributed by atoms with Gasteiger partial charge < -0.3 is 13.9 Å². The molecule has 1 heterocycles. The smallest absolute Gasteiger partial charge is 0.374 e. The highest BCUT2D eigenvalue weighted by atomic mass is 16.6. The Hall–Kier alpha value is -2.36. The third-order valence-electron chi connectivity index (χ3n) is 2.66. The van der Waals surface area contributed by atoms with Crippen LogP contribution in [-0.2, 0) is 16.0 Å². The van der Waals surface area contributed by atoms with Gasteiger partial charge in [0.1, 0.15) is 12.4 Å². The average molecular weight is 258 g/mol. The summed E-state index contributed by atoms with van der Waals surface area (Å²) >= 11 is 0. The van der Waals surface area contributed by atoms with Gasteiger partial charge in [-0.3, -0.25) is 0 Å². The lowest BCUT2D eigenvalue weighted by molar-refractivity contribution is -0.109. The fourth-order valence-electron chi connectivity index (χ4n) is 1.76. The highest BCUT2D eigenvalue weighted by molar-refractivity contribution is 5.86. The van der Waals surface area contributed by atoms with Crippen LogP contribution in [0.2, 0.25) is 0 Å². The molecule has 0 spiro atoms. The van der Waals surface area contributed by atoms with Gasteiger partial charge >= 0.3 is 5.97 Å². The molecule has 0 aliphatic carbocycles. The minimum atomic E-state index is -0.548. The summed E-state index contributed by atoms with van der Waals surface area (Å²) in [4.78, 5) is 22.4. The van der Waals surface area contributed by atoms with Gasteiger partial charge in [0, 0.05) is 12.8 Å². The maximum absolute atomic E-state index is 11.7. The lowest BCUT2D eigenvalue weighted by Crippen LogP contribution is -2.21. The van der Waals surface area contributed by atoms with E-state index in [1.165, 1.54) is 12.3 Å². The number of carbonyl (C=O) groups excluding carboxylic acids is 2. The standard InChI is InChI=1S/C15H14O4/c16-9-8-13(11-12-5-2-1-3-6-12)19-15(17)14-7-4-10-18-14/h1-7,9-10,13H,8,11H2. The molecule has 1 unspecified atom stereocenters. The molecule has 1 atom stereocenters. The molecule has 1 aromatic heterocycles. The van der Waals surface area contributed by atoms with Gasteiger partial charge in [-0.25, -0.2) is 4.79 Å². The fourth-order valence-corrected chi connectivity index (χ4v) is 1.76. The summed E-state index contributed by atoms with van der Waals surface area (Å²) < 4.78 is 10.2. The Kier molecular flexibility index (Phi) is 4.50. The summed E-state index contributed by atoms with van der Waals surface area (Å²) in [5, 5.41) is 0. The van der Waals surface area contributed by atoms with E-state index >= 15 is 0 Å². The van der Waals surface area contributed by atoms with E-state index in [-0.39, 0.29) is 12.2 Å². The van der Waals surface area contributed by atoms with Crippen molar-refractivity contribution in [2.75, 3.05) is 0 Å². The minimum Gasteiger partial charge on any atom is -0.457 e. The molecule has 0 aliphatic heterocycles. The molecule has 0 radical (unpaired) electrons. The van der Waals surface area contributed by atoms with Crippen LogP contribution in [0.3, 0.4) is 0 Å². The average Bonchev–Trinajstić information content (AvgIpc) is 2.94. The second-order valence-corrected chi connectivity index (χ2v) is 4.10. The maximum atomic E-state index is 11.7. The largest absolute Gasteiger partial charge is 0.457 e. The Bertz CT molecular complexity index is 516. The molecule has 0 fully saturated rings. The van der Waals surface area contributed by atoms with Crippen LogP contribution < -0.4 is 0 Å². The van der Waals surface area contributed by atoms with Crippen LogP contribution in [0.4, 0.5) is 0 Å². The first-order chi connectivity index (χ1) is 9.29. The van der Waals surface area contributed by atoms with Gasteiger partial charge in [-0.2, -0.15) is 0 Å². The summed E-state index contributed by atoms with van der Waals surface area (Å²) in [7, 11) is 0. The van der Waals surface area contributed by atoms with E-state index in [4.69, 9.17) is 9.15 Å². The van der Waals surface area contributed by atoms with Gasteiger partial charge in [0.05, 0.1) is 6.26 Å². The molecule has 4 heteroatoms. The highest BCUT2D eigenvalue weighted by Crippen LogP contribution is 2.11. The zero-order valence-electron chi connectivity index (χ0n) is 10.3. The summed E-state index contributed by atoms with van der Waals surface area (Å²) in [6.07, 6.45) is 2.36. The maximum Gasteiger partial charge on any atom is 0.374 e. The molecule has 19 heavy (non-hydrogen) atoms. The zero-order valence-corrected chi connectivity index (χ0v) is 10.3. The molecule has 0 bridgehead atoms. The number of rotatable bonds is 6. The Balaban J connectivity index is 2.00. The van der Waals surface area contributed by atoms with Crippen LogP contribution in [0.15, 0.2) is 53.1 Å². The van der Waals surface area contributed by atoms with Crippen molar-refractivity contribution in [1.82, 2.24) is 0 Å². The molecule has 2 rings (SSSR count). The van der Waals surface area contributed by atoms with E-state index in [1.807, 2.05) is 30.3 Å². The third kappa shape index (κ3) is 3.81. The number of hydrogen-bond donors (Lipinski definition) is 0. The monoisotopic (exact) mass is 258 g/mol. The molecular weight excluding hydrogens is 244 g/mol. The first-order valence-corrected chi connectivity index (χ1v) is 6.01. The van der Waals surface area contributed by atoms with Crippen molar-refractivity contribution in [3.8, 4) is 0 Å². The minimum absolute atomic E-state index is 0.143. The summed E-state index contributed by atoms with van der Waals surface area (Å²) in [5.74, 6) is -0.406. The van der Waals surface area contributed by atoms with Crippen molar-refractivity contribution in [3.63, 3.8) is 0 Å². The van der Waals surface area contributed by atoms with Crippen molar-refractivity contribution in [3.05, 3.63) is 60.1 Å². The molecule has 0 aliphatic rings. The number of aldehydes is 1. The van der Waals surface area contributed by atoms with Gasteiger partial charge in [-0.15, -0.1) is 0 Å². The Morgan fingerprint density at radius 2 is 2.00 bits per heavy atom. The predicted octanol–water partition coefficient (Wildman–Crippen LogP) is 2.64. The Labute approximate surface area is 111 Å². The lowest BCUT2D eigenvalue weighted by atomic mass is 10.1.